The van der Waals surface area contributed by atoms with Crippen LogP contribution in [-0.4, -0.2) is 17.7 Å². The van der Waals surface area contributed by atoms with E-state index in [1.807, 2.05) is 0 Å². The predicted octanol–water partition coefficient (Wildman–Crippen LogP) is 4.58. The van der Waals surface area contributed by atoms with Crippen molar-refractivity contribution in [2.45, 2.75) is 51.9 Å². The third-order valence-corrected chi connectivity index (χ3v) is 6.05. The second-order valence-electron chi connectivity index (χ2n) is 8.43. The number of quaternary nitrogens is 1. The van der Waals surface area contributed by atoms with Gasteiger partial charge in [-0.15, -0.1) is 0 Å². The Hall–Kier alpha value is -3.00. The second-order valence-corrected chi connectivity index (χ2v) is 8.43. The Balaban J connectivity index is 1.88. The summed E-state index contributed by atoms with van der Waals surface area (Å²) in [6, 6.07) is 9.28. The molecule has 1 aromatic heterocycles. The van der Waals surface area contributed by atoms with Crippen LogP contribution < -0.4 is 15.1 Å². The summed E-state index contributed by atoms with van der Waals surface area (Å²) in [6.45, 7) is 4.94. The summed E-state index contributed by atoms with van der Waals surface area (Å²) in [5.74, 6) is -2.50. The molecule has 0 saturated carbocycles. The largest absolute Gasteiger partial charge is 0.507 e. The van der Waals surface area contributed by atoms with E-state index < -0.39 is 23.1 Å². The summed E-state index contributed by atoms with van der Waals surface area (Å²) < 4.78 is 52.4. The molecule has 170 valence electrons. The van der Waals surface area contributed by atoms with Crippen molar-refractivity contribution in [2.75, 3.05) is 6.54 Å². The molecule has 1 aliphatic rings. The Kier molecular flexibility index (Phi) is 5.90. The molecule has 1 aliphatic heterocycles. The zero-order chi connectivity index (χ0) is 23.0. The number of likely N-dealkylation sites (tertiary alicyclic amines) is 1. The van der Waals surface area contributed by atoms with Gasteiger partial charge in [-0.2, -0.15) is 13.2 Å². The first-order valence-corrected chi connectivity index (χ1v) is 10.6. The van der Waals surface area contributed by atoms with E-state index in [4.69, 9.17) is 9.15 Å². The molecule has 0 radical (unpaired) electrons. The standard InChI is InChI=1S/C24H24F3NO4/c1-14-6-5-8-16(12-14)31-22-20(30)17-9-10-19(29)18(13-28-11-4-3-7-15(28)2)21(17)32-23(22)24(25,26)27/h5-6,8-10,12,15,29H,3-4,7,11,13H2,1-2H3/p+1/t15-/m0/s1. The maximum atomic E-state index is 13.9. The first-order valence-electron chi connectivity index (χ1n) is 10.6. The average Bonchev–Trinajstić information content (AvgIpc) is 2.72. The normalized spacial score (nSPS) is 19.3. The van der Waals surface area contributed by atoms with Crippen LogP contribution >= 0.6 is 0 Å². The van der Waals surface area contributed by atoms with Crippen molar-refractivity contribution >= 4 is 11.0 Å². The highest BCUT2D eigenvalue weighted by Gasteiger charge is 2.41. The highest BCUT2D eigenvalue weighted by atomic mass is 19.4. The van der Waals surface area contributed by atoms with E-state index in [-0.39, 0.29) is 40.6 Å². The first-order chi connectivity index (χ1) is 15.1. The van der Waals surface area contributed by atoms with E-state index in [0.29, 0.717) is 0 Å². The van der Waals surface area contributed by atoms with Crippen molar-refractivity contribution in [3.63, 3.8) is 0 Å². The van der Waals surface area contributed by atoms with Crippen LogP contribution in [0.15, 0.2) is 45.6 Å². The highest BCUT2D eigenvalue weighted by molar-refractivity contribution is 5.83. The van der Waals surface area contributed by atoms with E-state index >= 15 is 0 Å². The van der Waals surface area contributed by atoms with Crippen molar-refractivity contribution in [1.82, 2.24) is 0 Å². The summed E-state index contributed by atoms with van der Waals surface area (Å²) in [5, 5.41) is 10.4. The molecule has 5 nitrogen and oxygen atoms in total. The molecule has 1 unspecified atom stereocenters. The van der Waals surface area contributed by atoms with Gasteiger partial charge in [0.15, 0.2) is 5.58 Å². The van der Waals surface area contributed by atoms with Gasteiger partial charge in [0.2, 0.25) is 11.2 Å². The molecule has 1 fully saturated rings. The molecule has 2 heterocycles. The van der Waals surface area contributed by atoms with Crippen LogP contribution in [0.4, 0.5) is 13.2 Å². The molecular weight excluding hydrogens is 423 g/mol. The predicted molar refractivity (Wildman–Crippen MR) is 113 cm³/mol. The molecule has 2 atom stereocenters. The van der Waals surface area contributed by atoms with E-state index in [0.717, 1.165) is 36.3 Å². The Bertz CT molecular complexity index is 1200. The van der Waals surface area contributed by atoms with Crippen LogP contribution in [0.2, 0.25) is 0 Å². The Morgan fingerprint density at radius 2 is 2.00 bits per heavy atom. The lowest BCUT2D eigenvalue weighted by Gasteiger charge is -2.30. The summed E-state index contributed by atoms with van der Waals surface area (Å²) in [5.41, 5.74) is -0.199. The SMILES string of the molecule is Cc1cccc(Oc2c(C(F)(F)F)oc3c(C[NH+]4CCCC[C@@H]4C)c(O)ccc3c2=O)c1. The number of hydrogen-bond donors (Lipinski definition) is 2. The van der Waals surface area contributed by atoms with Crippen LogP contribution in [0.3, 0.4) is 0 Å². The van der Waals surface area contributed by atoms with E-state index in [2.05, 4.69) is 6.92 Å². The van der Waals surface area contributed by atoms with E-state index in [9.17, 15) is 23.1 Å². The number of halogens is 3. The summed E-state index contributed by atoms with van der Waals surface area (Å²) in [4.78, 5) is 14.3. The van der Waals surface area contributed by atoms with E-state index in [1.165, 1.54) is 24.3 Å². The minimum Gasteiger partial charge on any atom is -0.507 e. The van der Waals surface area contributed by atoms with Gasteiger partial charge in [0.1, 0.15) is 18.0 Å². The fourth-order valence-electron chi connectivity index (χ4n) is 4.28. The molecule has 0 aliphatic carbocycles. The smallest absolute Gasteiger partial charge is 0.453 e. The number of aromatic hydroxyl groups is 1. The number of ether oxygens (including phenoxy) is 1. The maximum Gasteiger partial charge on any atom is 0.453 e. The van der Waals surface area contributed by atoms with Gasteiger partial charge in [-0.25, -0.2) is 0 Å². The number of nitrogens with one attached hydrogen (secondary N) is 1. The van der Waals surface area contributed by atoms with Gasteiger partial charge in [0, 0.05) is 0 Å². The molecule has 0 bridgehead atoms. The lowest BCUT2D eigenvalue weighted by molar-refractivity contribution is -0.941. The number of aryl methyl sites for hydroxylation is 1. The molecule has 32 heavy (non-hydrogen) atoms. The lowest BCUT2D eigenvalue weighted by atomic mass is 10.0. The van der Waals surface area contributed by atoms with E-state index in [1.54, 1.807) is 19.1 Å². The van der Waals surface area contributed by atoms with Gasteiger partial charge < -0.3 is 19.2 Å². The van der Waals surface area contributed by atoms with Crippen molar-refractivity contribution in [3.8, 4) is 17.2 Å². The number of phenols is 1. The zero-order valence-electron chi connectivity index (χ0n) is 17.9. The highest BCUT2D eigenvalue weighted by Crippen LogP contribution is 2.39. The molecule has 2 aromatic carbocycles. The van der Waals surface area contributed by atoms with Gasteiger partial charge in [0.25, 0.3) is 5.76 Å². The molecule has 4 rings (SSSR count). The quantitative estimate of drug-likeness (QED) is 0.614. The summed E-state index contributed by atoms with van der Waals surface area (Å²) in [7, 11) is 0. The van der Waals surface area contributed by atoms with Crippen LogP contribution in [0, 0.1) is 6.92 Å². The number of benzene rings is 2. The van der Waals surface area contributed by atoms with Gasteiger partial charge in [-0.1, -0.05) is 12.1 Å². The zero-order valence-corrected chi connectivity index (χ0v) is 17.9. The van der Waals surface area contributed by atoms with Crippen LogP contribution in [-0.2, 0) is 12.7 Å². The average molecular weight is 448 g/mol. The van der Waals surface area contributed by atoms with Crippen LogP contribution in [0.25, 0.3) is 11.0 Å². The fourth-order valence-corrected chi connectivity index (χ4v) is 4.28. The minimum absolute atomic E-state index is 0.0579. The molecule has 0 spiro atoms. The number of phenolic OH excluding ortho intramolecular Hbond substituents is 1. The summed E-state index contributed by atoms with van der Waals surface area (Å²) in [6.07, 6.45) is -1.87. The number of hydrogen-bond acceptors (Lipinski definition) is 4. The number of piperidine rings is 1. The lowest BCUT2D eigenvalue weighted by Crippen LogP contribution is -3.14. The van der Waals surface area contributed by atoms with Crippen molar-refractivity contribution in [3.05, 3.63) is 63.5 Å². The van der Waals surface area contributed by atoms with Gasteiger partial charge in [0.05, 0.1) is 23.5 Å². The maximum absolute atomic E-state index is 13.9. The Morgan fingerprint density at radius 3 is 2.69 bits per heavy atom. The van der Waals surface area contributed by atoms with Crippen molar-refractivity contribution < 1.29 is 32.3 Å². The molecule has 1 saturated heterocycles. The topological polar surface area (TPSA) is 64.1 Å². The van der Waals surface area contributed by atoms with Crippen LogP contribution in [0.1, 0.15) is 43.1 Å². The van der Waals surface area contributed by atoms with Gasteiger partial charge in [-0.05, 0) is 62.9 Å². The molecule has 8 heteroatoms. The molecule has 2 N–H and O–H groups in total. The molecule has 0 amide bonds. The number of alkyl halides is 3. The van der Waals surface area contributed by atoms with Gasteiger partial charge in [-0.3, -0.25) is 4.79 Å². The van der Waals surface area contributed by atoms with Crippen LogP contribution in [0.5, 0.6) is 17.2 Å². The second kappa shape index (κ2) is 8.50. The summed E-state index contributed by atoms with van der Waals surface area (Å²) >= 11 is 0. The minimum atomic E-state index is -4.96. The number of fused-ring (bicyclic) bond motifs is 1. The molecular formula is C24H25F3NO4+. The Morgan fingerprint density at radius 1 is 1.22 bits per heavy atom. The van der Waals surface area contributed by atoms with Crippen molar-refractivity contribution in [1.29, 1.82) is 0 Å². The fraction of sp³-hybridized carbons (Fsp3) is 0.375. The third-order valence-electron chi connectivity index (χ3n) is 6.05. The van der Waals surface area contributed by atoms with Gasteiger partial charge >= 0.3 is 6.18 Å². The Labute approximate surface area is 183 Å². The number of rotatable bonds is 4. The third kappa shape index (κ3) is 4.32. The first kappa shape index (κ1) is 22.2. The monoisotopic (exact) mass is 448 g/mol. The molecule has 3 aromatic rings. The van der Waals surface area contributed by atoms with Crippen molar-refractivity contribution in [2.24, 2.45) is 0 Å².